The third-order valence-electron chi connectivity index (χ3n) is 4.43. The van der Waals surface area contributed by atoms with Crippen molar-refractivity contribution < 1.29 is 9.78 Å². The first-order chi connectivity index (χ1) is 13.3. The van der Waals surface area contributed by atoms with Crippen LogP contribution in [0.1, 0.15) is 0 Å². The molecule has 3 aromatic rings. The molecule has 1 aliphatic heterocycles. The van der Waals surface area contributed by atoms with Crippen molar-refractivity contribution >= 4 is 23.5 Å². The summed E-state index contributed by atoms with van der Waals surface area (Å²) < 4.78 is 1.65. The molecular formula is C18H20N7OS+. The van der Waals surface area contributed by atoms with Crippen LogP contribution in [0.5, 0.6) is 0 Å². The fourth-order valence-electron chi connectivity index (χ4n) is 3.00. The van der Waals surface area contributed by atoms with Gasteiger partial charge in [-0.3, -0.25) is 9.69 Å². The van der Waals surface area contributed by atoms with Gasteiger partial charge < -0.3 is 4.90 Å². The Labute approximate surface area is 161 Å². The summed E-state index contributed by atoms with van der Waals surface area (Å²) in [5, 5.41) is 12.4. The molecule has 3 heterocycles. The third kappa shape index (κ3) is 4.08. The fourth-order valence-corrected chi connectivity index (χ4v) is 3.79. The monoisotopic (exact) mass is 382 g/mol. The number of amides is 1. The van der Waals surface area contributed by atoms with Crippen LogP contribution in [0.3, 0.4) is 0 Å². The van der Waals surface area contributed by atoms with Gasteiger partial charge in [-0.1, -0.05) is 36.0 Å². The second-order valence-electron chi connectivity index (χ2n) is 6.11. The minimum Gasteiger partial charge on any atom is -0.334 e. The number of para-hydroxylation sites is 1. The number of benzene rings is 1. The molecule has 0 bridgehead atoms. The van der Waals surface area contributed by atoms with Crippen LogP contribution >= 0.6 is 11.8 Å². The maximum atomic E-state index is 12.6. The average Bonchev–Trinajstić information content (AvgIpc) is 3.22. The number of aromatic amines is 1. The van der Waals surface area contributed by atoms with E-state index in [-0.39, 0.29) is 5.91 Å². The van der Waals surface area contributed by atoms with Gasteiger partial charge in [0.2, 0.25) is 11.1 Å². The largest absolute Gasteiger partial charge is 0.334 e. The van der Waals surface area contributed by atoms with Crippen LogP contribution in [0.2, 0.25) is 0 Å². The van der Waals surface area contributed by atoms with Crippen molar-refractivity contribution in [1.29, 1.82) is 0 Å². The Kier molecular flexibility index (Phi) is 5.29. The number of hydrogen-bond donors (Lipinski definition) is 0. The van der Waals surface area contributed by atoms with Crippen LogP contribution in [0, 0.1) is 0 Å². The zero-order valence-corrected chi connectivity index (χ0v) is 15.5. The molecule has 4 rings (SSSR count). The molecule has 0 unspecified atom stereocenters. The first-order valence-electron chi connectivity index (χ1n) is 8.77. The van der Waals surface area contributed by atoms with Crippen molar-refractivity contribution in [3.63, 3.8) is 0 Å². The van der Waals surface area contributed by atoms with Crippen molar-refractivity contribution in [2.75, 3.05) is 36.8 Å². The maximum Gasteiger partial charge on any atom is 0.274 e. The van der Waals surface area contributed by atoms with Gasteiger partial charge in [-0.25, -0.2) is 4.98 Å². The number of piperazine rings is 1. The van der Waals surface area contributed by atoms with Crippen molar-refractivity contribution in [3.05, 3.63) is 54.7 Å². The Morgan fingerprint density at radius 1 is 1.04 bits per heavy atom. The first-order valence-corrected chi connectivity index (χ1v) is 9.76. The Balaban J connectivity index is 1.32. The van der Waals surface area contributed by atoms with E-state index in [4.69, 9.17) is 0 Å². The van der Waals surface area contributed by atoms with E-state index < -0.39 is 0 Å². The number of rotatable bonds is 5. The summed E-state index contributed by atoms with van der Waals surface area (Å²) in [7, 11) is 0. The summed E-state index contributed by atoms with van der Waals surface area (Å²) in [4.78, 5) is 20.0. The molecule has 1 fully saturated rings. The quantitative estimate of drug-likeness (QED) is 0.611. The Morgan fingerprint density at radius 3 is 2.56 bits per heavy atom. The van der Waals surface area contributed by atoms with Gasteiger partial charge in [0.25, 0.3) is 5.82 Å². The summed E-state index contributed by atoms with van der Waals surface area (Å²) in [5.41, 5.74) is 0.880. The van der Waals surface area contributed by atoms with Gasteiger partial charge in [-0.15, -0.1) is 5.10 Å². The van der Waals surface area contributed by atoms with E-state index in [9.17, 15) is 4.79 Å². The number of thioether (sulfide) groups is 1. The van der Waals surface area contributed by atoms with E-state index in [1.54, 1.807) is 4.68 Å². The number of carbonyl (C=O) groups excluding carboxylic acids is 1. The molecule has 0 aliphatic carbocycles. The number of hydrogen-bond acceptors (Lipinski definition) is 6. The van der Waals surface area contributed by atoms with Crippen molar-refractivity contribution in [2.45, 2.75) is 5.16 Å². The zero-order chi connectivity index (χ0) is 18.5. The minimum absolute atomic E-state index is 0.110. The first kappa shape index (κ1) is 17.5. The number of carbonyl (C=O) groups is 1. The van der Waals surface area contributed by atoms with Crippen molar-refractivity contribution in [3.8, 4) is 5.69 Å². The molecule has 0 spiro atoms. The average molecular weight is 382 g/mol. The van der Waals surface area contributed by atoms with E-state index in [2.05, 4.69) is 31.5 Å². The fraction of sp³-hybridized carbons (Fsp3) is 0.278. The second-order valence-corrected chi connectivity index (χ2v) is 7.06. The molecule has 27 heavy (non-hydrogen) atoms. The molecule has 1 N–H and O–H groups in total. The van der Waals surface area contributed by atoms with Crippen LogP contribution in [-0.4, -0.2) is 62.9 Å². The van der Waals surface area contributed by atoms with Gasteiger partial charge in [0.15, 0.2) is 0 Å². The molecule has 9 heteroatoms. The lowest BCUT2D eigenvalue weighted by Crippen LogP contribution is -2.50. The summed E-state index contributed by atoms with van der Waals surface area (Å²) in [5.74, 6) is 1.52. The molecule has 2 aromatic heterocycles. The number of tetrazole rings is 1. The summed E-state index contributed by atoms with van der Waals surface area (Å²) in [6, 6.07) is 15.7. The van der Waals surface area contributed by atoms with Gasteiger partial charge in [-0.05, 0) is 28.6 Å². The predicted molar refractivity (Wildman–Crippen MR) is 102 cm³/mol. The van der Waals surface area contributed by atoms with Gasteiger partial charge in [0, 0.05) is 6.07 Å². The summed E-state index contributed by atoms with van der Waals surface area (Å²) >= 11 is 1.36. The van der Waals surface area contributed by atoms with Gasteiger partial charge in [0.05, 0.1) is 30.7 Å². The molecular weight excluding hydrogens is 362 g/mol. The number of nitrogens with one attached hydrogen (secondary N) is 1. The van der Waals surface area contributed by atoms with Crippen LogP contribution in [0.25, 0.3) is 5.69 Å². The van der Waals surface area contributed by atoms with Crippen molar-refractivity contribution in [1.82, 2.24) is 25.1 Å². The molecule has 1 saturated heterocycles. The zero-order valence-electron chi connectivity index (χ0n) is 14.7. The number of aromatic nitrogens is 5. The predicted octanol–water partition coefficient (Wildman–Crippen LogP) is 0.917. The van der Waals surface area contributed by atoms with Crippen molar-refractivity contribution in [2.24, 2.45) is 0 Å². The second kappa shape index (κ2) is 8.17. The van der Waals surface area contributed by atoms with E-state index in [1.165, 1.54) is 11.8 Å². The number of anilines is 1. The highest BCUT2D eigenvalue weighted by Crippen LogP contribution is 2.19. The molecule has 1 aromatic carbocycles. The van der Waals surface area contributed by atoms with Crippen LogP contribution in [0.4, 0.5) is 5.82 Å². The normalized spacial score (nSPS) is 14.4. The lowest BCUT2D eigenvalue weighted by Gasteiger charge is -2.30. The standard InChI is InChI=1S/C18H19N7OS/c26-17(24-12-10-23(11-13-24)16-8-4-5-9-19-16)14-27-18-20-21-22-25(18)15-6-2-1-3-7-15/h1-9H,10-14H2/p+1. The lowest BCUT2D eigenvalue weighted by atomic mass is 10.3. The topological polar surface area (TPSA) is 81.3 Å². The Bertz CT molecular complexity index is 879. The number of H-pyrrole nitrogens is 1. The van der Waals surface area contributed by atoms with Gasteiger partial charge >= 0.3 is 0 Å². The number of pyridine rings is 1. The molecule has 1 aliphatic rings. The molecule has 0 saturated carbocycles. The molecule has 8 nitrogen and oxygen atoms in total. The summed E-state index contributed by atoms with van der Waals surface area (Å²) in [6.45, 7) is 3.06. The molecule has 0 atom stereocenters. The molecule has 1 amide bonds. The van der Waals surface area contributed by atoms with E-state index in [0.717, 1.165) is 24.6 Å². The Morgan fingerprint density at radius 2 is 1.81 bits per heavy atom. The highest BCUT2D eigenvalue weighted by atomic mass is 32.2. The Hall–Kier alpha value is -2.94. The molecule has 0 radical (unpaired) electrons. The van der Waals surface area contributed by atoms with Gasteiger partial charge in [0.1, 0.15) is 13.1 Å². The SMILES string of the molecule is O=C(CSc1nnnn1-c1ccccc1)N1CCN(c2cccc[nH+]2)CC1. The van der Waals surface area contributed by atoms with E-state index >= 15 is 0 Å². The smallest absolute Gasteiger partial charge is 0.274 e. The van der Waals surface area contributed by atoms with E-state index in [0.29, 0.717) is 24.0 Å². The highest BCUT2D eigenvalue weighted by molar-refractivity contribution is 7.99. The van der Waals surface area contributed by atoms with Gasteiger partial charge in [-0.2, -0.15) is 4.68 Å². The minimum atomic E-state index is 0.110. The van der Waals surface area contributed by atoms with Crippen LogP contribution in [-0.2, 0) is 4.79 Å². The van der Waals surface area contributed by atoms with E-state index in [1.807, 2.05) is 53.6 Å². The third-order valence-corrected chi connectivity index (χ3v) is 5.34. The number of nitrogens with zero attached hydrogens (tertiary/aromatic N) is 6. The lowest BCUT2D eigenvalue weighted by molar-refractivity contribution is -0.364. The highest BCUT2D eigenvalue weighted by Gasteiger charge is 2.26. The van der Waals surface area contributed by atoms with Crippen LogP contribution in [0.15, 0.2) is 59.9 Å². The summed E-state index contributed by atoms with van der Waals surface area (Å²) in [6.07, 6.45) is 1.92. The van der Waals surface area contributed by atoms with Crippen LogP contribution < -0.4 is 9.88 Å². The molecule has 138 valence electrons. The maximum absolute atomic E-state index is 12.6.